The molecule has 0 saturated heterocycles. The number of ether oxygens (including phenoxy) is 2. The molecule has 0 N–H and O–H groups in total. The number of nitrogens with zero attached hydrogens (tertiary/aromatic N) is 2. The van der Waals surface area contributed by atoms with Crippen LogP contribution in [0.2, 0.25) is 15.1 Å². The van der Waals surface area contributed by atoms with Crippen molar-refractivity contribution < 1.29 is 14.3 Å². The summed E-state index contributed by atoms with van der Waals surface area (Å²) in [6.07, 6.45) is -0.398. The molecular formula is C24H17Cl3N2O3. The SMILES string of the molecule is COc1ccc(C(=O)[C@H]2Oc3c(Cl)cc(Cl)cc3[C@@H]3CC(c4ccc(Cl)cc4)=NN23)cc1. The first kappa shape index (κ1) is 21.1. The van der Waals surface area contributed by atoms with Crippen molar-refractivity contribution in [1.82, 2.24) is 5.01 Å². The molecule has 8 heteroatoms. The Balaban J connectivity index is 1.57. The lowest BCUT2D eigenvalue weighted by Gasteiger charge is -2.37. The van der Waals surface area contributed by atoms with Crippen molar-refractivity contribution in [3.63, 3.8) is 0 Å². The van der Waals surface area contributed by atoms with Crippen LogP contribution in [-0.4, -0.2) is 29.8 Å². The molecular weight excluding hydrogens is 471 g/mol. The van der Waals surface area contributed by atoms with Gasteiger partial charge in [0, 0.05) is 27.6 Å². The van der Waals surface area contributed by atoms with Gasteiger partial charge in [0.2, 0.25) is 5.78 Å². The van der Waals surface area contributed by atoms with Gasteiger partial charge in [-0.2, -0.15) is 5.10 Å². The zero-order valence-electron chi connectivity index (χ0n) is 16.9. The average molecular weight is 488 g/mol. The van der Waals surface area contributed by atoms with Crippen molar-refractivity contribution in [3.05, 3.63) is 92.4 Å². The van der Waals surface area contributed by atoms with Crippen LogP contribution in [0.15, 0.2) is 65.8 Å². The van der Waals surface area contributed by atoms with E-state index in [9.17, 15) is 4.79 Å². The summed E-state index contributed by atoms with van der Waals surface area (Å²) in [5, 5.41) is 7.98. The highest BCUT2D eigenvalue weighted by Gasteiger charge is 2.44. The van der Waals surface area contributed by atoms with Gasteiger partial charge in [0.25, 0.3) is 6.23 Å². The first-order chi connectivity index (χ1) is 15.4. The molecule has 0 amide bonds. The summed E-state index contributed by atoms with van der Waals surface area (Å²) in [6, 6.07) is 17.5. The van der Waals surface area contributed by atoms with Gasteiger partial charge in [0.1, 0.15) is 11.5 Å². The highest BCUT2D eigenvalue weighted by Crippen LogP contribution is 2.47. The van der Waals surface area contributed by atoms with E-state index in [-0.39, 0.29) is 11.8 Å². The van der Waals surface area contributed by atoms with Gasteiger partial charge in [-0.1, -0.05) is 46.9 Å². The summed E-state index contributed by atoms with van der Waals surface area (Å²) in [5.74, 6) is 0.892. The summed E-state index contributed by atoms with van der Waals surface area (Å²) in [7, 11) is 1.58. The molecule has 0 unspecified atom stereocenters. The lowest BCUT2D eigenvalue weighted by molar-refractivity contribution is -0.00448. The van der Waals surface area contributed by atoms with E-state index in [2.05, 4.69) is 0 Å². The van der Waals surface area contributed by atoms with Crippen molar-refractivity contribution in [2.45, 2.75) is 18.7 Å². The molecule has 0 aliphatic carbocycles. The Bertz CT molecular complexity index is 1230. The molecule has 0 spiro atoms. The van der Waals surface area contributed by atoms with Crippen LogP contribution in [0.5, 0.6) is 11.5 Å². The largest absolute Gasteiger partial charge is 0.497 e. The summed E-state index contributed by atoms with van der Waals surface area (Å²) in [6.45, 7) is 0. The van der Waals surface area contributed by atoms with E-state index >= 15 is 0 Å². The highest BCUT2D eigenvalue weighted by atomic mass is 35.5. The van der Waals surface area contributed by atoms with Crippen molar-refractivity contribution in [2.24, 2.45) is 5.10 Å². The van der Waals surface area contributed by atoms with Gasteiger partial charge < -0.3 is 9.47 Å². The molecule has 0 radical (unpaired) electrons. The van der Waals surface area contributed by atoms with Crippen LogP contribution >= 0.6 is 34.8 Å². The van der Waals surface area contributed by atoms with Crippen LogP contribution in [0.3, 0.4) is 0 Å². The van der Waals surface area contributed by atoms with Crippen LogP contribution < -0.4 is 9.47 Å². The number of Topliss-reactive ketones (excluding diaryl/α,β-unsaturated/α-hetero) is 1. The third kappa shape index (κ3) is 3.71. The van der Waals surface area contributed by atoms with Gasteiger partial charge in [-0.25, -0.2) is 5.01 Å². The van der Waals surface area contributed by atoms with E-state index in [1.807, 2.05) is 30.3 Å². The molecule has 0 fully saturated rings. The summed E-state index contributed by atoms with van der Waals surface area (Å²) < 4.78 is 11.3. The van der Waals surface area contributed by atoms with Crippen LogP contribution in [0, 0.1) is 0 Å². The minimum absolute atomic E-state index is 0.226. The molecule has 2 heterocycles. The fraction of sp³-hybridized carbons (Fsp3) is 0.167. The zero-order valence-corrected chi connectivity index (χ0v) is 19.2. The lowest BCUT2D eigenvalue weighted by atomic mass is 9.95. The number of ketones is 1. The number of hydrogen-bond donors (Lipinski definition) is 0. The van der Waals surface area contributed by atoms with E-state index in [1.165, 1.54) is 0 Å². The second-order valence-corrected chi connectivity index (χ2v) is 8.80. The Kier molecular flexibility index (Phi) is 5.49. The quantitative estimate of drug-likeness (QED) is 0.399. The first-order valence-corrected chi connectivity index (χ1v) is 11.0. The van der Waals surface area contributed by atoms with Gasteiger partial charge in [0.05, 0.1) is 23.9 Å². The summed E-state index contributed by atoms with van der Waals surface area (Å²) in [5.41, 5.74) is 3.04. The number of hydrogen-bond acceptors (Lipinski definition) is 5. The number of carbonyl (C=O) groups is 1. The number of carbonyl (C=O) groups excluding carboxylic acids is 1. The van der Waals surface area contributed by atoms with E-state index in [0.29, 0.717) is 38.6 Å². The van der Waals surface area contributed by atoms with E-state index in [4.69, 9.17) is 49.4 Å². The molecule has 5 nitrogen and oxygen atoms in total. The first-order valence-electron chi connectivity index (χ1n) is 9.90. The monoisotopic (exact) mass is 486 g/mol. The highest BCUT2D eigenvalue weighted by molar-refractivity contribution is 6.35. The average Bonchev–Trinajstić information content (AvgIpc) is 3.24. The maximum atomic E-state index is 13.5. The number of rotatable bonds is 4. The molecule has 32 heavy (non-hydrogen) atoms. The molecule has 0 bridgehead atoms. The Hall–Kier alpha value is -2.73. The Morgan fingerprint density at radius 1 is 1.03 bits per heavy atom. The number of benzene rings is 3. The Labute approximate surface area is 200 Å². The predicted octanol–water partition coefficient (Wildman–Crippen LogP) is 6.41. The van der Waals surface area contributed by atoms with Crippen molar-refractivity contribution in [2.75, 3.05) is 7.11 Å². The van der Waals surface area contributed by atoms with Gasteiger partial charge in [-0.05, 0) is 54.1 Å². The normalized spacial score (nSPS) is 19.0. The smallest absolute Gasteiger partial charge is 0.251 e. The van der Waals surface area contributed by atoms with Crippen molar-refractivity contribution in [1.29, 1.82) is 0 Å². The molecule has 2 atom stereocenters. The minimum Gasteiger partial charge on any atom is -0.497 e. The number of methoxy groups -OCH3 is 1. The molecule has 0 saturated carbocycles. The van der Waals surface area contributed by atoms with Crippen LogP contribution in [0.25, 0.3) is 0 Å². The molecule has 3 aromatic carbocycles. The van der Waals surface area contributed by atoms with E-state index < -0.39 is 6.23 Å². The Morgan fingerprint density at radius 3 is 2.44 bits per heavy atom. The number of hydrazone groups is 1. The predicted molar refractivity (Wildman–Crippen MR) is 125 cm³/mol. The standard InChI is InChI=1S/C24H17Cl3N2O3/c1-31-17-8-4-14(5-9-17)22(30)24-29-21(18-10-16(26)11-19(27)23(18)32-24)12-20(28-29)13-2-6-15(25)7-3-13/h2-11,21,24H,12H2,1H3/t21-,24+/m0/s1. The van der Waals surface area contributed by atoms with Gasteiger partial charge in [-0.3, -0.25) is 4.79 Å². The molecule has 2 aliphatic heterocycles. The second-order valence-electron chi connectivity index (χ2n) is 7.52. The lowest BCUT2D eigenvalue weighted by Crippen LogP contribution is -2.46. The Morgan fingerprint density at radius 2 is 1.75 bits per heavy atom. The molecule has 2 aliphatic rings. The van der Waals surface area contributed by atoms with Crippen LogP contribution in [-0.2, 0) is 0 Å². The fourth-order valence-electron chi connectivity index (χ4n) is 4.00. The maximum Gasteiger partial charge on any atom is 0.251 e. The van der Waals surface area contributed by atoms with Crippen LogP contribution in [0.4, 0.5) is 0 Å². The van der Waals surface area contributed by atoms with Crippen molar-refractivity contribution >= 4 is 46.3 Å². The molecule has 0 aromatic heterocycles. The number of fused-ring (bicyclic) bond motifs is 3. The number of halogens is 3. The third-order valence-corrected chi connectivity index (χ3v) is 6.34. The fourth-order valence-corrected chi connectivity index (χ4v) is 4.68. The second kappa shape index (κ2) is 8.32. The van der Waals surface area contributed by atoms with Gasteiger partial charge in [0.15, 0.2) is 0 Å². The summed E-state index contributed by atoms with van der Waals surface area (Å²) >= 11 is 18.8. The maximum absolute atomic E-state index is 13.5. The summed E-state index contributed by atoms with van der Waals surface area (Å²) in [4.78, 5) is 13.5. The van der Waals surface area contributed by atoms with Gasteiger partial charge in [-0.15, -0.1) is 0 Å². The van der Waals surface area contributed by atoms with E-state index in [1.54, 1.807) is 42.5 Å². The van der Waals surface area contributed by atoms with Gasteiger partial charge >= 0.3 is 0 Å². The molecule has 5 rings (SSSR count). The zero-order chi connectivity index (χ0) is 22.4. The molecule has 3 aromatic rings. The molecule has 162 valence electrons. The van der Waals surface area contributed by atoms with Crippen LogP contribution in [0.1, 0.15) is 33.9 Å². The topological polar surface area (TPSA) is 51.1 Å². The third-order valence-electron chi connectivity index (χ3n) is 5.58. The minimum atomic E-state index is -0.968. The van der Waals surface area contributed by atoms with E-state index in [0.717, 1.165) is 16.8 Å². The van der Waals surface area contributed by atoms with Crippen molar-refractivity contribution in [3.8, 4) is 11.5 Å².